The maximum absolute atomic E-state index is 13.2. The van der Waals surface area contributed by atoms with Crippen LogP contribution in [-0.4, -0.2) is 28.9 Å². The van der Waals surface area contributed by atoms with Crippen molar-refractivity contribution in [1.82, 2.24) is 10.3 Å². The monoisotopic (exact) mass is 335 g/mol. The Morgan fingerprint density at radius 3 is 2.84 bits per heavy atom. The minimum absolute atomic E-state index is 0.196. The van der Waals surface area contributed by atoms with Crippen LogP contribution in [0.5, 0.6) is 0 Å². The van der Waals surface area contributed by atoms with Crippen molar-refractivity contribution < 1.29 is 13.9 Å². The van der Waals surface area contributed by atoms with Crippen LogP contribution in [0.1, 0.15) is 15.9 Å². The Bertz CT molecular complexity index is 906. The summed E-state index contributed by atoms with van der Waals surface area (Å²) in [5.74, 6) is -0.265. The van der Waals surface area contributed by atoms with Crippen molar-refractivity contribution >= 4 is 11.8 Å². The zero-order valence-electron chi connectivity index (χ0n) is 13.1. The Morgan fingerprint density at radius 2 is 2.04 bits per heavy atom. The number of ether oxygens (including phenoxy) is 1. The molecule has 1 aliphatic heterocycles. The van der Waals surface area contributed by atoms with Gasteiger partial charge in [0.25, 0.3) is 5.91 Å². The van der Waals surface area contributed by atoms with Gasteiger partial charge in [-0.1, -0.05) is 6.07 Å². The van der Waals surface area contributed by atoms with Crippen LogP contribution in [0.25, 0.3) is 0 Å². The SMILES string of the molecule is O=C(NC1=C[C@H]2N=C(c3ccncc3)O[C@@H]2C=C1)c1cccc(F)c1. The molecule has 0 unspecified atom stereocenters. The number of carbonyl (C=O) groups is 1. The minimum atomic E-state index is -0.448. The topological polar surface area (TPSA) is 63.6 Å². The summed E-state index contributed by atoms with van der Waals surface area (Å²) in [5, 5.41) is 2.76. The number of aliphatic imine (C=N–C) groups is 1. The van der Waals surface area contributed by atoms with Gasteiger partial charge < -0.3 is 10.1 Å². The van der Waals surface area contributed by atoms with E-state index in [1.54, 1.807) is 24.5 Å². The average Bonchev–Trinajstić information content (AvgIpc) is 3.06. The number of amides is 1. The molecule has 1 amide bonds. The number of fused-ring (bicyclic) bond motifs is 1. The van der Waals surface area contributed by atoms with Gasteiger partial charge >= 0.3 is 0 Å². The van der Waals surface area contributed by atoms with E-state index in [0.29, 0.717) is 11.6 Å². The lowest BCUT2D eigenvalue weighted by Gasteiger charge is -2.17. The summed E-state index contributed by atoms with van der Waals surface area (Å²) in [6.07, 6.45) is 8.61. The molecule has 25 heavy (non-hydrogen) atoms. The van der Waals surface area contributed by atoms with Gasteiger partial charge in [-0.25, -0.2) is 9.38 Å². The highest BCUT2D eigenvalue weighted by atomic mass is 19.1. The number of pyridine rings is 1. The number of carbonyl (C=O) groups excluding carboxylic acids is 1. The van der Waals surface area contributed by atoms with Gasteiger partial charge in [0, 0.05) is 29.2 Å². The summed E-state index contributed by atoms with van der Waals surface area (Å²) >= 11 is 0. The number of nitrogens with one attached hydrogen (secondary N) is 1. The molecule has 0 bridgehead atoms. The summed E-state index contributed by atoms with van der Waals surface area (Å²) in [6.45, 7) is 0. The molecule has 1 aromatic heterocycles. The lowest BCUT2D eigenvalue weighted by atomic mass is 10.0. The van der Waals surface area contributed by atoms with Crippen molar-refractivity contribution in [1.29, 1.82) is 0 Å². The molecule has 0 saturated heterocycles. The van der Waals surface area contributed by atoms with Gasteiger partial charge in [0.1, 0.15) is 18.0 Å². The van der Waals surface area contributed by atoms with Crippen LogP contribution >= 0.6 is 0 Å². The summed E-state index contributed by atoms with van der Waals surface area (Å²) in [5.41, 5.74) is 1.73. The number of aromatic nitrogens is 1. The second-order valence-corrected chi connectivity index (χ2v) is 5.69. The van der Waals surface area contributed by atoms with Crippen LogP contribution in [0.3, 0.4) is 0 Å². The van der Waals surface area contributed by atoms with Crippen LogP contribution in [0.4, 0.5) is 4.39 Å². The number of nitrogens with zero attached hydrogens (tertiary/aromatic N) is 2. The van der Waals surface area contributed by atoms with E-state index in [-0.39, 0.29) is 23.6 Å². The van der Waals surface area contributed by atoms with Crippen molar-refractivity contribution in [3.05, 3.63) is 89.7 Å². The number of benzene rings is 1. The van der Waals surface area contributed by atoms with Crippen molar-refractivity contribution in [2.24, 2.45) is 4.99 Å². The first-order valence-electron chi connectivity index (χ1n) is 7.81. The molecule has 0 radical (unpaired) electrons. The highest BCUT2D eigenvalue weighted by molar-refractivity contribution is 5.96. The molecular formula is C19H14FN3O2. The highest BCUT2D eigenvalue weighted by Crippen LogP contribution is 2.24. The zero-order valence-corrected chi connectivity index (χ0v) is 13.1. The van der Waals surface area contributed by atoms with Crippen molar-refractivity contribution in [3.63, 3.8) is 0 Å². The maximum atomic E-state index is 13.2. The van der Waals surface area contributed by atoms with E-state index < -0.39 is 5.82 Å². The molecule has 0 fully saturated rings. The summed E-state index contributed by atoms with van der Waals surface area (Å²) in [7, 11) is 0. The fourth-order valence-electron chi connectivity index (χ4n) is 2.71. The highest BCUT2D eigenvalue weighted by Gasteiger charge is 2.30. The van der Waals surface area contributed by atoms with Gasteiger partial charge in [0.05, 0.1) is 0 Å². The molecule has 2 heterocycles. The molecule has 1 aliphatic carbocycles. The first kappa shape index (κ1) is 15.3. The van der Waals surface area contributed by atoms with E-state index >= 15 is 0 Å². The molecule has 0 saturated carbocycles. The lowest BCUT2D eigenvalue weighted by Crippen LogP contribution is -2.28. The third-order valence-electron chi connectivity index (χ3n) is 3.94. The standard InChI is InChI=1S/C19H14FN3O2/c20-14-3-1-2-13(10-14)18(24)22-15-4-5-17-16(11-15)23-19(25-17)12-6-8-21-9-7-12/h1-11,16-17H,(H,22,24)/t16-,17-/m1/s1. The van der Waals surface area contributed by atoms with E-state index in [1.807, 2.05) is 24.3 Å². The Labute approximate surface area is 143 Å². The molecule has 5 nitrogen and oxygen atoms in total. The predicted octanol–water partition coefficient (Wildman–Crippen LogP) is 2.62. The molecular weight excluding hydrogens is 321 g/mol. The van der Waals surface area contributed by atoms with Gasteiger partial charge in [-0.05, 0) is 48.6 Å². The van der Waals surface area contributed by atoms with Gasteiger partial charge in [0.2, 0.25) is 5.90 Å². The van der Waals surface area contributed by atoms with E-state index in [9.17, 15) is 9.18 Å². The van der Waals surface area contributed by atoms with Crippen LogP contribution in [0.2, 0.25) is 0 Å². The minimum Gasteiger partial charge on any atom is -0.467 e. The molecule has 2 atom stereocenters. The predicted molar refractivity (Wildman–Crippen MR) is 90.5 cm³/mol. The molecule has 6 heteroatoms. The van der Waals surface area contributed by atoms with E-state index in [1.165, 1.54) is 18.2 Å². The maximum Gasteiger partial charge on any atom is 0.255 e. The zero-order chi connectivity index (χ0) is 17.2. The van der Waals surface area contributed by atoms with Crippen LogP contribution in [-0.2, 0) is 4.74 Å². The summed E-state index contributed by atoms with van der Waals surface area (Å²) in [6, 6.07) is 9.01. The molecule has 2 aliphatic rings. The Balaban J connectivity index is 1.51. The number of hydrogen-bond acceptors (Lipinski definition) is 4. The molecule has 1 N–H and O–H groups in total. The average molecular weight is 335 g/mol. The second-order valence-electron chi connectivity index (χ2n) is 5.69. The Kier molecular flexibility index (Phi) is 3.85. The molecule has 4 rings (SSSR count). The third kappa shape index (κ3) is 3.19. The van der Waals surface area contributed by atoms with Crippen molar-refractivity contribution in [3.8, 4) is 0 Å². The van der Waals surface area contributed by atoms with Gasteiger partial charge in [-0.3, -0.25) is 9.78 Å². The normalized spacial score (nSPS) is 21.0. The van der Waals surface area contributed by atoms with Gasteiger partial charge in [-0.2, -0.15) is 0 Å². The molecule has 124 valence electrons. The van der Waals surface area contributed by atoms with Crippen LogP contribution in [0.15, 0.2) is 77.7 Å². The third-order valence-corrected chi connectivity index (χ3v) is 3.94. The first-order chi connectivity index (χ1) is 12.2. The Hall–Kier alpha value is -3.28. The van der Waals surface area contributed by atoms with Gasteiger partial charge in [0.15, 0.2) is 0 Å². The van der Waals surface area contributed by atoms with E-state index in [2.05, 4.69) is 15.3 Å². The number of halogens is 1. The second kappa shape index (κ2) is 6.32. The Morgan fingerprint density at radius 1 is 1.20 bits per heavy atom. The van der Waals surface area contributed by atoms with E-state index in [4.69, 9.17) is 4.74 Å². The largest absolute Gasteiger partial charge is 0.467 e. The summed E-state index contributed by atoms with van der Waals surface area (Å²) in [4.78, 5) is 20.7. The van der Waals surface area contributed by atoms with Crippen LogP contribution in [0, 0.1) is 5.82 Å². The number of allylic oxidation sites excluding steroid dienone is 1. The van der Waals surface area contributed by atoms with Crippen molar-refractivity contribution in [2.45, 2.75) is 12.1 Å². The smallest absolute Gasteiger partial charge is 0.255 e. The van der Waals surface area contributed by atoms with Crippen molar-refractivity contribution in [2.75, 3.05) is 0 Å². The number of hydrogen-bond donors (Lipinski definition) is 1. The number of rotatable bonds is 3. The molecule has 1 aromatic carbocycles. The summed E-state index contributed by atoms with van der Waals surface area (Å²) < 4.78 is 19.1. The van der Waals surface area contributed by atoms with E-state index in [0.717, 1.165) is 5.56 Å². The first-order valence-corrected chi connectivity index (χ1v) is 7.81. The quantitative estimate of drug-likeness (QED) is 0.938. The fraction of sp³-hybridized carbons (Fsp3) is 0.105. The molecule has 0 spiro atoms. The van der Waals surface area contributed by atoms with Crippen LogP contribution < -0.4 is 5.32 Å². The fourth-order valence-corrected chi connectivity index (χ4v) is 2.71. The molecule has 2 aromatic rings. The van der Waals surface area contributed by atoms with Gasteiger partial charge in [-0.15, -0.1) is 0 Å². The lowest BCUT2D eigenvalue weighted by molar-refractivity contribution is 0.0966.